The second kappa shape index (κ2) is 9.90. The quantitative estimate of drug-likeness (QED) is 0.495. The molecule has 1 fully saturated rings. The zero-order valence-corrected chi connectivity index (χ0v) is 18.4. The molecule has 2 aromatic carbocycles. The number of carbonyl (C=O) groups excluding carboxylic acids is 2. The Hall–Kier alpha value is -2.60. The lowest BCUT2D eigenvalue weighted by Crippen LogP contribution is -2.40. The van der Waals surface area contributed by atoms with Gasteiger partial charge in [-0.3, -0.25) is 4.79 Å². The molecule has 1 heterocycles. The van der Waals surface area contributed by atoms with Crippen LogP contribution in [0, 0.1) is 11.6 Å². The summed E-state index contributed by atoms with van der Waals surface area (Å²) in [5, 5.41) is 2.12. The maximum atomic E-state index is 13.4. The van der Waals surface area contributed by atoms with Gasteiger partial charge < -0.3 is 14.8 Å². The third kappa shape index (κ3) is 5.41. The Morgan fingerprint density at radius 1 is 1.12 bits per heavy atom. The first kappa shape index (κ1) is 24.1. The second-order valence-corrected chi connectivity index (χ2v) is 9.17. The Morgan fingerprint density at radius 2 is 1.72 bits per heavy atom. The third-order valence-corrected chi connectivity index (χ3v) is 6.84. The van der Waals surface area contributed by atoms with Crippen LogP contribution in [0.5, 0.6) is 0 Å². The molecule has 32 heavy (non-hydrogen) atoms. The van der Waals surface area contributed by atoms with Crippen LogP contribution in [0.4, 0.5) is 14.5 Å². The molecule has 12 heteroatoms. The molecular weight excluding hydrogens is 470 g/mol. The first-order chi connectivity index (χ1) is 15.1. The predicted molar refractivity (Wildman–Crippen MR) is 111 cm³/mol. The van der Waals surface area contributed by atoms with Gasteiger partial charge in [0.15, 0.2) is 17.7 Å². The monoisotopic (exact) mass is 488 g/mol. The van der Waals surface area contributed by atoms with Gasteiger partial charge in [0.05, 0.1) is 28.7 Å². The van der Waals surface area contributed by atoms with Gasteiger partial charge in [0.1, 0.15) is 0 Å². The minimum Gasteiger partial charge on any atom is -0.449 e. The Morgan fingerprint density at radius 3 is 2.34 bits per heavy atom. The summed E-state index contributed by atoms with van der Waals surface area (Å²) in [4.78, 5) is 24.5. The molecule has 1 aliphatic heterocycles. The van der Waals surface area contributed by atoms with E-state index in [1.807, 2.05) is 0 Å². The van der Waals surface area contributed by atoms with Crippen molar-refractivity contribution in [1.29, 1.82) is 0 Å². The standard InChI is InChI=1S/C20H19ClF2N2O6S/c1-12(31-20(27)15-10-17(22)18(23)11-16(15)21)19(26)24-13-2-4-14(5-3-13)32(28,29)25-6-8-30-9-7-25/h2-5,10-12H,6-9H2,1H3,(H,24,26). The lowest BCUT2D eigenvalue weighted by atomic mass is 10.2. The van der Waals surface area contributed by atoms with E-state index in [2.05, 4.69) is 5.32 Å². The average molecular weight is 489 g/mol. The number of carbonyl (C=O) groups is 2. The summed E-state index contributed by atoms with van der Waals surface area (Å²) in [5.74, 6) is -4.34. The molecular formula is C20H19ClF2N2O6S. The number of hydrogen-bond donors (Lipinski definition) is 1. The van der Waals surface area contributed by atoms with Gasteiger partial charge in [-0.05, 0) is 43.3 Å². The lowest BCUT2D eigenvalue weighted by Gasteiger charge is -2.26. The van der Waals surface area contributed by atoms with Crippen molar-refractivity contribution in [3.63, 3.8) is 0 Å². The van der Waals surface area contributed by atoms with Crippen LogP contribution in [0.3, 0.4) is 0 Å². The molecule has 1 saturated heterocycles. The van der Waals surface area contributed by atoms with Gasteiger partial charge in [-0.1, -0.05) is 11.6 Å². The smallest absolute Gasteiger partial charge is 0.340 e. The average Bonchev–Trinajstić information content (AvgIpc) is 2.77. The van der Waals surface area contributed by atoms with Crippen LogP contribution in [0.25, 0.3) is 0 Å². The molecule has 172 valence electrons. The van der Waals surface area contributed by atoms with Crippen LogP contribution in [0.15, 0.2) is 41.3 Å². The summed E-state index contributed by atoms with van der Waals surface area (Å²) in [7, 11) is -3.68. The number of nitrogens with zero attached hydrogens (tertiary/aromatic N) is 1. The summed E-state index contributed by atoms with van der Waals surface area (Å²) in [6.45, 7) is 2.43. The van der Waals surface area contributed by atoms with E-state index in [9.17, 15) is 26.8 Å². The number of halogens is 3. The molecule has 0 aliphatic carbocycles. The van der Waals surface area contributed by atoms with Gasteiger partial charge in [0.25, 0.3) is 5.91 Å². The van der Waals surface area contributed by atoms with Crippen molar-refractivity contribution < 1.29 is 36.3 Å². The summed E-state index contributed by atoms with van der Waals surface area (Å²) >= 11 is 5.73. The van der Waals surface area contributed by atoms with Gasteiger partial charge in [-0.15, -0.1) is 0 Å². The Bertz CT molecular complexity index is 1120. The molecule has 1 atom stereocenters. The van der Waals surface area contributed by atoms with Crippen LogP contribution in [0.2, 0.25) is 5.02 Å². The minimum atomic E-state index is -3.68. The van der Waals surface area contributed by atoms with E-state index in [0.717, 1.165) is 0 Å². The number of hydrogen-bond acceptors (Lipinski definition) is 6. The third-order valence-electron chi connectivity index (χ3n) is 4.61. The van der Waals surface area contributed by atoms with Gasteiger partial charge >= 0.3 is 5.97 Å². The number of benzene rings is 2. The molecule has 0 radical (unpaired) electrons. The topological polar surface area (TPSA) is 102 Å². The highest BCUT2D eigenvalue weighted by atomic mass is 35.5. The first-order valence-electron chi connectivity index (χ1n) is 9.44. The fraction of sp³-hybridized carbons (Fsp3) is 0.300. The summed E-state index contributed by atoms with van der Waals surface area (Å²) in [5.41, 5.74) is -0.160. The summed E-state index contributed by atoms with van der Waals surface area (Å²) in [6, 6.07) is 6.69. The number of morpholine rings is 1. The Balaban J connectivity index is 1.63. The zero-order valence-electron chi connectivity index (χ0n) is 16.8. The van der Waals surface area contributed by atoms with E-state index in [0.29, 0.717) is 25.3 Å². The lowest BCUT2D eigenvalue weighted by molar-refractivity contribution is -0.123. The van der Waals surface area contributed by atoms with Crippen LogP contribution in [-0.2, 0) is 24.3 Å². The summed E-state index contributed by atoms with van der Waals surface area (Å²) < 4.78 is 63.2. The van der Waals surface area contributed by atoms with E-state index < -0.39 is 45.2 Å². The number of sulfonamides is 1. The number of rotatable bonds is 6. The highest BCUT2D eigenvalue weighted by Gasteiger charge is 2.26. The normalized spacial score (nSPS) is 15.8. The molecule has 1 aliphatic rings. The molecule has 0 saturated carbocycles. The van der Waals surface area contributed by atoms with E-state index in [1.54, 1.807) is 0 Å². The van der Waals surface area contributed by atoms with Crippen molar-refractivity contribution in [2.75, 3.05) is 31.6 Å². The molecule has 0 spiro atoms. The van der Waals surface area contributed by atoms with Gasteiger partial charge in [0.2, 0.25) is 10.0 Å². The van der Waals surface area contributed by atoms with Crippen molar-refractivity contribution in [2.45, 2.75) is 17.9 Å². The molecule has 0 bridgehead atoms. The van der Waals surface area contributed by atoms with E-state index in [1.165, 1.54) is 35.5 Å². The molecule has 1 amide bonds. The van der Waals surface area contributed by atoms with E-state index in [-0.39, 0.29) is 28.7 Å². The number of nitrogens with one attached hydrogen (secondary N) is 1. The maximum absolute atomic E-state index is 13.4. The van der Waals surface area contributed by atoms with Gasteiger partial charge in [-0.25, -0.2) is 22.0 Å². The van der Waals surface area contributed by atoms with Crippen molar-refractivity contribution in [1.82, 2.24) is 4.31 Å². The van der Waals surface area contributed by atoms with Crippen LogP contribution < -0.4 is 5.32 Å². The highest BCUT2D eigenvalue weighted by Crippen LogP contribution is 2.22. The fourth-order valence-corrected chi connectivity index (χ4v) is 4.48. The van der Waals surface area contributed by atoms with Gasteiger partial charge in [0, 0.05) is 18.8 Å². The van der Waals surface area contributed by atoms with E-state index in [4.69, 9.17) is 21.1 Å². The molecule has 1 unspecified atom stereocenters. The van der Waals surface area contributed by atoms with E-state index >= 15 is 0 Å². The Labute approximate surface area is 188 Å². The first-order valence-corrected chi connectivity index (χ1v) is 11.3. The molecule has 3 rings (SSSR count). The number of esters is 1. The van der Waals surface area contributed by atoms with Crippen LogP contribution in [-0.4, -0.2) is 57.0 Å². The maximum Gasteiger partial charge on any atom is 0.340 e. The van der Waals surface area contributed by atoms with Crippen LogP contribution in [0.1, 0.15) is 17.3 Å². The summed E-state index contributed by atoms with van der Waals surface area (Å²) in [6.07, 6.45) is -1.30. The molecule has 0 aromatic heterocycles. The van der Waals surface area contributed by atoms with Crippen molar-refractivity contribution in [3.05, 3.63) is 58.6 Å². The zero-order chi connectivity index (χ0) is 23.5. The fourth-order valence-electron chi connectivity index (χ4n) is 2.85. The Kier molecular flexibility index (Phi) is 7.44. The van der Waals surface area contributed by atoms with Crippen molar-refractivity contribution in [3.8, 4) is 0 Å². The SMILES string of the molecule is CC(OC(=O)c1cc(F)c(F)cc1Cl)C(=O)Nc1ccc(S(=O)(=O)N2CCOCC2)cc1. The molecule has 2 aromatic rings. The predicted octanol–water partition coefficient (Wildman–Crippen LogP) is 2.82. The van der Waals surface area contributed by atoms with Gasteiger partial charge in [-0.2, -0.15) is 4.31 Å². The number of amides is 1. The second-order valence-electron chi connectivity index (χ2n) is 6.82. The molecule has 8 nitrogen and oxygen atoms in total. The molecule has 1 N–H and O–H groups in total. The van der Waals surface area contributed by atoms with Crippen molar-refractivity contribution in [2.24, 2.45) is 0 Å². The number of anilines is 1. The minimum absolute atomic E-state index is 0.0600. The van der Waals surface area contributed by atoms with Crippen molar-refractivity contribution >= 4 is 39.2 Å². The van der Waals surface area contributed by atoms with Crippen LogP contribution >= 0.6 is 11.6 Å². The largest absolute Gasteiger partial charge is 0.449 e. The number of ether oxygens (including phenoxy) is 2. The highest BCUT2D eigenvalue weighted by molar-refractivity contribution is 7.89.